The normalized spacial score (nSPS) is 10.8. The summed E-state index contributed by atoms with van der Waals surface area (Å²) in [5.74, 6) is 0.801. The van der Waals surface area contributed by atoms with E-state index in [0.717, 1.165) is 11.5 Å². The van der Waals surface area contributed by atoms with Gasteiger partial charge < -0.3 is 14.5 Å². The molecule has 9 nitrogen and oxygen atoms in total. The molecule has 1 aromatic carbocycles. The number of hydrogen-bond acceptors (Lipinski definition) is 6. The van der Waals surface area contributed by atoms with E-state index < -0.39 is 4.92 Å². The van der Waals surface area contributed by atoms with E-state index in [4.69, 9.17) is 0 Å². The van der Waals surface area contributed by atoms with E-state index in [0.29, 0.717) is 23.8 Å². The minimum atomic E-state index is -0.480. The molecule has 0 radical (unpaired) electrons. The first kappa shape index (κ1) is 19.6. The molecule has 0 atom stereocenters. The van der Waals surface area contributed by atoms with Crippen molar-refractivity contribution in [3.63, 3.8) is 0 Å². The van der Waals surface area contributed by atoms with E-state index in [9.17, 15) is 14.9 Å². The lowest BCUT2D eigenvalue weighted by Gasteiger charge is -2.08. The van der Waals surface area contributed by atoms with Crippen LogP contribution >= 0.6 is 11.8 Å². The topological polar surface area (TPSA) is 108 Å². The quantitative estimate of drug-likeness (QED) is 0.354. The van der Waals surface area contributed by atoms with Gasteiger partial charge in [0.25, 0.3) is 5.69 Å². The summed E-state index contributed by atoms with van der Waals surface area (Å²) in [7, 11) is 1.99. The third kappa shape index (κ3) is 4.58. The molecule has 0 saturated carbocycles. The molecular formula is C18H20N6O3S. The Bertz CT molecular complexity index is 980. The number of amides is 1. The second kappa shape index (κ2) is 8.70. The maximum atomic E-state index is 12.2. The van der Waals surface area contributed by atoms with Crippen molar-refractivity contribution in [2.75, 3.05) is 11.1 Å². The Labute approximate surface area is 165 Å². The van der Waals surface area contributed by atoms with E-state index >= 15 is 0 Å². The third-order valence-corrected chi connectivity index (χ3v) is 5.16. The lowest BCUT2D eigenvalue weighted by molar-refractivity contribution is -0.384. The number of carbonyl (C=O) groups is 1. The van der Waals surface area contributed by atoms with Gasteiger partial charge in [-0.15, -0.1) is 10.2 Å². The minimum Gasteiger partial charge on any atom is -0.354 e. The summed E-state index contributed by atoms with van der Waals surface area (Å²) in [6.45, 7) is 2.72. The van der Waals surface area contributed by atoms with Gasteiger partial charge in [0.2, 0.25) is 5.91 Å². The van der Waals surface area contributed by atoms with Crippen molar-refractivity contribution < 1.29 is 9.72 Å². The molecule has 2 heterocycles. The van der Waals surface area contributed by atoms with Gasteiger partial charge in [-0.05, 0) is 31.2 Å². The van der Waals surface area contributed by atoms with Gasteiger partial charge in [-0.25, -0.2) is 0 Å². The van der Waals surface area contributed by atoms with E-state index in [1.807, 2.05) is 41.4 Å². The van der Waals surface area contributed by atoms with Gasteiger partial charge in [-0.1, -0.05) is 11.8 Å². The zero-order valence-corrected chi connectivity index (χ0v) is 16.3. The second-order valence-corrected chi connectivity index (χ2v) is 7.01. The smallest absolute Gasteiger partial charge is 0.269 e. The van der Waals surface area contributed by atoms with Crippen LogP contribution in [0.1, 0.15) is 18.4 Å². The highest BCUT2D eigenvalue weighted by Gasteiger charge is 2.15. The molecule has 0 spiro atoms. The van der Waals surface area contributed by atoms with Crippen molar-refractivity contribution in [2.24, 2.45) is 7.05 Å². The maximum absolute atomic E-state index is 12.2. The molecule has 0 unspecified atom stereocenters. The molecule has 3 aromatic rings. The van der Waals surface area contributed by atoms with Crippen LogP contribution < -0.4 is 5.32 Å². The number of nitrogens with zero attached hydrogens (tertiary/aromatic N) is 5. The van der Waals surface area contributed by atoms with Gasteiger partial charge in [0.15, 0.2) is 5.16 Å². The van der Waals surface area contributed by atoms with Crippen molar-refractivity contribution in [1.82, 2.24) is 19.3 Å². The molecule has 0 aliphatic carbocycles. The summed E-state index contributed by atoms with van der Waals surface area (Å²) in [6, 6.07) is 9.75. The fourth-order valence-electron chi connectivity index (χ4n) is 2.71. The summed E-state index contributed by atoms with van der Waals surface area (Å²) in [4.78, 5) is 22.4. The van der Waals surface area contributed by atoms with Crippen molar-refractivity contribution in [1.29, 1.82) is 0 Å². The molecule has 2 aromatic heterocycles. The molecule has 0 bridgehead atoms. The molecule has 1 amide bonds. The fraction of sp³-hybridized carbons (Fsp3) is 0.278. The highest BCUT2D eigenvalue weighted by molar-refractivity contribution is 7.99. The maximum Gasteiger partial charge on any atom is 0.269 e. The summed E-state index contributed by atoms with van der Waals surface area (Å²) in [5.41, 5.74) is 1.63. The van der Waals surface area contributed by atoms with Gasteiger partial charge in [0, 0.05) is 49.7 Å². The number of aryl methyl sites for hydroxylation is 1. The van der Waals surface area contributed by atoms with Crippen LogP contribution in [0.15, 0.2) is 47.8 Å². The molecule has 3 rings (SSSR count). The lowest BCUT2D eigenvalue weighted by atomic mass is 10.3. The number of nitro benzene ring substituents is 1. The monoisotopic (exact) mass is 400 g/mol. The number of carbonyl (C=O) groups excluding carboxylic acids is 1. The molecule has 146 valence electrons. The Morgan fingerprint density at radius 3 is 2.61 bits per heavy atom. The molecule has 1 N–H and O–H groups in total. The van der Waals surface area contributed by atoms with Crippen LogP contribution in [0.5, 0.6) is 0 Å². The molecule has 10 heteroatoms. The van der Waals surface area contributed by atoms with Crippen molar-refractivity contribution in [3.05, 3.63) is 64.2 Å². The summed E-state index contributed by atoms with van der Waals surface area (Å²) >= 11 is 1.31. The van der Waals surface area contributed by atoms with E-state index in [1.165, 1.54) is 36.0 Å². The zero-order chi connectivity index (χ0) is 20.1. The van der Waals surface area contributed by atoms with Gasteiger partial charge >= 0.3 is 0 Å². The van der Waals surface area contributed by atoms with Crippen LogP contribution in [0, 0.1) is 10.1 Å². The molecule has 0 saturated heterocycles. The summed E-state index contributed by atoms with van der Waals surface area (Å²) in [6.07, 6.45) is 2.65. The van der Waals surface area contributed by atoms with Crippen LogP contribution in [0.3, 0.4) is 0 Å². The van der Waals surface area contributed by atoms with E-state index in [1.54, 1.807) is 0 Å². The molecule has 0 fully saturated rings. The standard InChI is InChI=1S/C18H20N6O3S/c1-3-23-16(11-15-5-4-10-22(15)2)20-21-18(23)28-12-17(25)19-13-6-8-14(9-7-13)24(26)27/h4-10H,3,11-12H2,1-2H3,(H,19,25). The fourth-order valence-corrected chi connectivity index (χ4v) is 3.53. The van der Waals surface area contributed by atoms with E-state index in [2.05, 4.69) is 15.5 Å². The Balaban J connectivity index is 1.60. The number of nitro groups is 1. The third-order valence-electron chi connectivity index (χ3n) is 4.19. The van der Waals surface area contributed by atoms with Crippen LogP contribution in [0.25, 0.3) is 0 Å². The highest BCUT2D eigenvalue weighted by Crippen LogP contribution is 2.20. The first-order chi connectivity index (χ1) is 13.5. The number of benzene rings is 1. The molecular weight excluding hydrogens is 380 g/mol. The van der Waals surface area contributed by atoms with Crippen LogP contribution in [-0.4, -0.2) is 35.9 Å². The molecule has 0 aliphatic heterocycles. The van der Waals surface area contributed by atoms with Gasteiger partial charge in [0.05, 0.1) is 10.7 Å². The van der Waals surface area contributed by atoms with Gasteiger partial charge in [0.1, 0.15) is 5.82 Å². The zero-order valence-electron chi connectivity index (χ0n) is 15.5. The SMILES string of the molecule is CCn1c(Cc2cccn2C)nnc1SCC(=O)Nc1ccc([N+](=O)[O-])cc1. The molecule has 28 heavy (non-hydrogen) atoms. The number of anilines is 1. The average molecular weight is 400 g/mol. The largest absolute Gasteiger partial charge is 0.354 e. The molecule has 0 aliphatic rings. The van der Waals surface area contributed by atoms with Crippen LogP contribution in [0.2, 0.25) is 0 Å². The van der Waals surface area contributed by atoms with Crippen molar-refractivity contribution >= 4 is 29.0 Å². The van der Waals surface area contributed by atoms with Crippen molar-refractivity contribution in [2.45, 2.75) is 25.0 Å². The minimum absolute atomic E-state index is 0.0193. The summed E-state index contributed by atoms with van der Waals surface area (Å²) in [5, 5.41) is 22.6. The number of non-ortho nitro benzene ring substituents is 1. The average Bonchev–Trinajstić information content (AvgIpc) is 3.26. The first-order valence-electron chi connectivity index (χ1n) is 8.67. The predicted octanol–water partition coefficient (Wildman–Crippen LogP) is 2.87. The Morgan fingerprint density at radius 1 is 1.25 bits per heavy atom. The Kier molecular flexibility index (Phi) is 6.09. The second-order valence-electron chi connectivity index (χ2n) is 6.07. The Hall–Kier alpha value is -3.14. The highest BCUT2D eigenvalue weighted by atomic mass is 32.2. The first-order valence-corrected chi connectivity index (χ1v) is 9.66. The van der Waals surface area contributed by atoms with Gasteiger partial charge in [-0.3, -0.25) is 14.9 Å². The number of nitrogens with one attached hydrogen (secondary N) is 1. The van der Waals surface area contributed by atoms with Crippen LogP contribution in [-0.2, 0) is 24.8 Å². The number of rotatable bonds is 8. The van der Waals surface area contributed by atoms with Gasteiger partial charge in [-0.2, -0.15) is 0 Å². The summed E-state index contributed by atoms with van der Waals surface area (Å²) < 4.78 is 4.04. The Morgan fingerprint density at radius 2 is 2.00 bits per heavy atom. The number of hydrogen-bond donors (Lipinski definition) is 1. The predicted molar refractivity (Wildman–Crippen MR) is 106 cm³/mol. The van der Waals surface area contributed by atoms with E-state index in [-0.39, 0.29) is 17.3 Å². The number of aromatic nitrogens is 4. The lowest BCUT2D eigenvalue weighted by Crippen LogP contribution is -2.14. The van der Waals surface area contributed by atoms with Crippen LogP contribution in [0.4, 0.5) is 11.4 Å². The number of thioether (sulfide) groups is 1. The van der Waals surface area contributed by atoms with Crippen molar-refractivity contribution in [3.8, 4) is 0 Å².